The van der Waals surface area contributed by atoms with E-state index in [0.717, 1.165) is 34.9 Å². The third-order valence-corrected chi connectivity index (χ3v) is 5.39. The Hall–Kier alpha value is -2.71. The van der Waals surface area contributed by atoms with Crippen LogP contribution in [0.25, 0.3) is 0 Å². The fourth-order valence-electron chi connectivity index (χ4n) is 3.95. The number of phenolic OH excluding ortho intramolecular Hbond substituents is 1. The van der Waals surface area contributed by atoms with Gasteiger partial charge in [-0.1, -0.05) is 12.1 Å². The molecule has 2 aliphatic heterocycles. The molecule has 1 fully saturated rings. The highest BCUT2D eigenvalue weighted by Gasteiger charge is 2.35. The topological polar surface area (TPSA) is 93.6 Å². The number of anilines is 1. The Morgan fingerprint density at radius 2 is 1.96 bits per heavy atom. The molecule has 8 nitrogen and oxygen atoms in total. The maximum absolute atomic E-state index is 13.1. The van der Waals surface area contributed by atoms with Crippen molar-refractivity contribution in [1.29, 1.82) is 0 Å². The van der Waals surface area contributed by atoms with Crippen molar-refractivity contribution in [2.75, 3.05) is 25.5 Å². The minimum absolute atomic E-state index is 0.0385. The van der Waals surface area contributed by atoms with Crippen LogP contribution in [-0.4, -0.2) is 52.6 Å². The van der Waals surface area contributed by atoms with E-state index in [1.807, 2.05) is 43.0 Å². The maximum atomic E-state index is 13.1. The molecule has 3 heterocycles. The Bertz CT molecular complexity index is 883. The quantitative estimate of drug-likeness (QED) is 0.731. The van der Waals surface area contributed by atoms with Crippen molar-refractivity contribution in [2.45, 2.75) is 38.4 Å². The van der Waals surface area contributed by atoms with E-state index in [2.05, 4.69) is 20.8 Å². The van der Waals surface area contributed by atoms with Gasteiger partial charge in [-0.2, -0.15) is 0 Å². The Morgan fingerprint density at radius 1 is 1.21 bits per heavy atom. The van der Waals surface area contributed by atoms with Gasteiger partial charge in [0.1, 0.15) is 23.4 Å². The second kappa shape index (κ2) is 7.37. The molecular formula is C20H26N6O2. The zero-order chi connectivity index (χ0) is 19.8. The second-order valence-electron chi connectivity index (χ2n) is 7.64. The number of phenols is 1. The van der Waals surface area contributed by atoms with Gasteiger partial charge in [0.15, 0.2) is 0 Å². The highest BCUT2D eigenvalue weighted by molar-refractivity contribution is 5.82. The van der Waals surface area contributed by atoms with Crippen LogP contribution < -0.4 is 15.8 Å². The first kappa shape index (κ1) is 18.6. The average molecular weight is 382 g/mol. The number of amides is 1. The normalized spacial score (nSPS) is 21.5. The van der Waals surface area contributed by atoms with Crippen LogP contribution in [0.3, 0.4) is 0 Å². The van der Waals surface area contributed by atoms with Crippen molar-refractivity contribution in [3.8, 4) is 5.75 Å². The molecule has 1 amide bonds. The van der Waals surface area contributed by atoms with E-state index in [1.165, 1.54) is 0 Å². The van der Waals surface area contributed by atoms with Crippen molar-refractivity contribution >= 4 is 11.7 Å². The molecule has 2 aromatic rings. The maximum Gasteiger partial charge on any atom is 0.241 e. The van der Waals surface area contributed by atoms with Gasteiger partial charge < -0.3 is 14.9 Å². The fraction of sp³-hybridized carbons (Fsp3) is 0.450. The largest absolute Gasteiger partial charge is 0.508 e. The first-order chi connectivity index (χ1) is 13.4. The number of benzene rings is 1. The molecule has 8 heteroatoms. The average Bonchev–Trinajstić information content (AvgIpc) is 3.16. The molecule has 2 atom stereocenters. The molecule has 4 rings (SSSR count). The third-order valence-electron chi connectivity index (χ3n) is 5.39. The molecule has 28 heavy (non-hydrogen) atoms. The van der Waals surface area contributed by atoms with Gasteiger partial charge in [-0.05, 0) is 37.5 Å². The van der Waals surface area contributed by atoms with Crippen LogP contribution in [0.1, 0.15) is 35.1 Å². The van der Waals surface area contributed by atoms with Crippen LogP contribution in [0.15, 0.2) is 24.3 Å². The van der Waals surface area contributed by atoms with E-state index in [9.17, 15) is 9.90 Å². The summed E-state index contributed by atoms with van der Waals surface area (Å²) >= 11 is 0. The van der Waals surface area contributed by atoms with Gasteiger partial charge in [-0.25, -0.2) is 20.8 Å². The van der Waals surface area contributed by atoms with Crippen LogP contribution in [-0.2, 0) is 17.8 Å². The van der Waals surface area contributed by atoms with E-state index in [4.69, 9.17) is 0 Å². The number of hydrazine groups is 1. The Morgan fingerprint density at radius 3 is 2.68 bits per heavy atom. The zero-order valence-corrected chi connectivity index (χ0v) is 16.4. The van der Waals surface area contributed by atoms with E-state index in [0.29, 0.717) is 19.5 Å². The van der Waals surface area contributed by atoms with Crippen molar-refractivity contribution in [3.63, 3.8) is 0 Å². The summed E-state index contributed by atoms with van der Waals surface area (Å²) in [5.74, 6) is 2.00. The van der Waals surface area contributed by atoms with Crippen molar-refractivity contribution in [3.05, 3.63) is 46.9 Å². The van der Waals surface area contributed by atoms with Gasteiger partial charge in [0, 0.05) is 32.2 Å². The molecule has 3 N–H and O–H groups in total. The number of hydrogen-bond donors (Lipinski definition) is 3. The number of carbonyl (C=O) groups is 1. The van der Waals surface area contributed by atoms with Crippen molar-refractivity contribution < 1.29 is 9.90 Å². The summed E-state index contributed by atoms with van der Waals surface area (Å²) in [5.41, 5.74) is 9.47. The number of aryl methyl sites for hydroxylation is 1. The Labute approximate surface area is 164 Å². The van der Waals surface area contributed by atoms with Crippen LogP contribution in [0, 0.1) is 6.92 Å². The molecule has 1 saturated heterocycles. The number of carbonyl (C=O) groups excluding carboxylic acids is 1. The van der Waals surface area contributed by atoms with E-state index in [1.54, 1.807) is 12.1 Å². The smallest absolute Gasteiger partial charge is 0.241 e. The van der Waals surface area contributed by atoms with Gasteiger partial charge in [0.25, 0.3) is 0 Å². The summed E-state index contributed by atoms with van der Waals surface area (Å²) in [5, 5.41) is 9.45. The summed E-state index contributed by atoms with van der Waals surface area (Å²) in [6.45, 7) is 3.07. The lowest BCUT2D eigenvalue weighted by atomic mass is 10.00. The highest BCUT2D eigenvalue weighted by Crippen LogP contribution is 2.28. The van der Waals surface area contributed by atoms with E-state index < -0.39 is 0 Å². The standard InChI is InChI=1S/C20H26N6O2/c1-12-21-18-11-26(9-8-15(18)19(22-12)25(2)3)20(28)17-10-16(23-24-17)13-4-6-14(27)7-5-13/h4-7,16-17,23-24,27H,8-11H2,1-3H3. The monoisotopic (exact) mass is 382 g/mol. The van der Waals surface area contributed by atoms with Gasteiger partial charge in [-0.15, -0.1) is 0 Å². The summed E-state index contributed by atoms with van der Waals surface area (Å²) < 4.78 is 0. The summed E-state index contributed by atoms with van der Waals surface area (Å²) in [6.07, 6.45) is 1.43. The lowest BCUT2D eigenvalue weighted by Gasteiger charge is -2.32. The number of rotatable bonds is 3. The summed E-state index contributed by atoms with van der Waals surface area (Å²) in [6, 6.07) is 6.84. The first-order valence-electron chi connectivity index (χ1n) is 9.55. The molecule has 2 aliphatic rings. The second-order valence-corrected chi connectivity index (χ2v) is 7.64. The minimum Gasteiger partial charge on any atom is -0.508 e. The number of nitrogens with zero attached hydrogens (tertiary/aromatic N) is 4. The predicted octanol–water partition coefficient (Wildman–Crippen LogP) is 1.05. The molecule has 1 aromatic carbocycles. The lowest BCUT2D eigenvalue weighted by Crippen LogP contribution is -2.47. The summed E-state index contributed by atoms with van der Waals surface area (Å²) in [4.78, 5) is 26.1. The third kappa shape index (κ3) is 3.53. The minimum atomic E-state index is -0.281. The van der Waals surface area contributed by atoms with Crippen LogP contribution in [0.2, 0.25) is 0 Å². The van der Waals surface area contributed by atoms with Crippen LogP contribution >= 0.6 is 0 Å². The molecule has 148 valence electrons. The van der Waals surface area contributed by atoms with Gasteiger partial charge in [-0.3, -0.25) is 4.79 Å². The number of hydrogen-bond acceptors (Lipinski definition) is 7. The number of nitrogens with one attached hydrogen (secondary N) is 2. The molecule has 0 saturated carbocycles. The lowest BCUT2D eigenvalue weighted by molar-refractivity contribution is -0.134. The van der Waals surface area contributed by atoms with E-state index in [-0.39, 0.29) is 23.7 Å². The molecule has 0 spiro atoms. The van der Waals surface area contributed by atoms with Crippen molar-refractivity contribution in [1.82, 2.24) is 25.7 Å². The predicted molar refractivity (Wildman–Crippen MR) is 106 cm³/mol. The number of aromatic nitrogens is 2. The van der Waals surface area contributed by atoms with Crippen molar-refractivity contribution in [2.24, 2.45) is 0 Å². The molecule has 1 aromatic heterocycles. The Balaban J connectivity index is 1.46. The van der Waals surface area contributed by atoms with Crippen LogP contribution in [0.5, 0.6) is 5.75 Å². The zero-order valence-electron chi connectivity index (χ0n) is 16.4. The van der Waals surface area contributed by atoms with Crippen LogP contribution in [0.4, 0.5) is 5.82 Å². The number of aromatic hydroxyl groups is 1. The van der Waals surface area contributed by atoms with Gasteiger partial charge in [0.2, 0.25) is 5.91 Å². The molecule has 0 bridgehead atoms. The SMILES string of the molecule is Cc1nc2c(c(N(C)C)n1)CCN(C(=O)C1CC(c3ccc(O)cc3)NN1)C2. The number of fused-ring (bicyclic) bond motifs is 1. The summed E-state index contributed by atoms with van der Waals surface area (Å²) in [7, 11) is 3.97. The van der Waals surface area contributed by atoms with Gasteiger partial charge in [0.05, 0.1) is 12.2 Å². The molecular weight excluding hydrogens is 356 g/mol. The first-order valence-corrected chi connectivity index (χ1v) is 9.55. The fourth-order valence-corrected chi connectivity index (χ4v) is 3.95. The molecule has 0 aliphatic carbocycles. The molecule has 2 unspecified atom stereocenters. The molecule has 0 radical (unpaired) electrons. The van der Waals surface area contributed by atoms with Gasteiger partial charge >= 0.3 is 0 Å². The van der Waals surface area contributed by atoms with E-state index >= 15 is 0 Å². The highest BCUT2D eigenvalue weighted by atomic mass is 16.3. The Kier molecular flexibility index (Phi) is 4.91.